The maximum Gasteiger partial charge on any atom is 0.119 e. The molecule has 0 aromatic heterocycles. The molecule has 162 valence electrons. The summed E-state index contributed by atoms with van der Waals surface area (Å²) in [6.07, 6.45) is 4.71. The summed E-state index contributed by atoms with van der Waals surface area (Å²) in [5, 5.41) is 10.4. The predicted molar refractivity (Wildman–Crippen MR) is 114 cm³/mol. The summed E-state index contributed by atoms with van der Waals surface area (Å²) >= 11 is 0. The number of aliphatic hydroxyl groups is 1. The summed E-state index contributed by atoms with van der Waals surface area (Å²) in [7, 11) is 0. The molecule has 1 aromatic rings. The number of aliphatic hydroxyl groups excluding tert-OH is 1. The van der Waals surface area contributed by atoms with Gasteiger partial charge >= 0.3 is 0 Å². The number of hydrogen-bond donors (Lipinski definition) is 1. The van der Waals surface area contributed by atoms with E-state index in [-0.39, 0.29) is 0 Å². The van der Waals surface area contributed by atoms with Gasteiger partial charge in [-0.25, -0.2) is 0 Å². The SMILES string of the molecule is O[C@H](COc1cccc(CN2CC(N3CCOCC3)C2)c1)CN1CCCCCC1. The summed E-state index contributed by atoms with van der Waals surface area (Å²) in [4.78, 5) is 7.44. The molecule has 3 fully saturated rings. The lowest BCUT2D eigenvalue weighted by molar-refractivity contribution is -0.0344. The van der Waals surface area contributed by atoms with Gasteiger partial charge in [0.05, 0.1) is 13.2 Å². The number of rotatable bonds is 8. The average molecular weight is 404 g/mol. The summed E-state index contributed by atoms with van der Waals surface area (Å²) < 4.78 is 11.4. The largest absolute Gasteiger partial charge is 0.491 e. The Morgan fingerprint density at radius 2 is 1.76 bits per heavy atom. The topological polar surface area (TPSA) is 48.4 Å². The second-order valence-corrected chi connectivity index (χ2v) is 8.82. The number of β-amino-alcohol motifs (C(OH)–C–C–N with tert-alkyl or cyclic N) is 1. The maximum atomic E-state index is 10.4. The quantitative estimate of drug-likeness (QED) is 0.715. The van der Waals surface area contributed by atoms with E-state index in [0.29, 0.717) is 12.6 Å². The number of hydrogen-bond acceptors (Lipinski definition) is 6. The number of benzene rings is 1. The van der Waals surface area contributed by atoms with E-state index < -0.39 is 6.10 Å². The Labute approximate surface area is 175 Å². The Bertz CT molecular complexity index is 609. The van der Waals surface area contributed by atoms with Crippen molar-refractivity contribution in [1.29, 1.82) is 0 Å². The fourth-order valence-corrected chi connectivity index (χ4v) is 4.70. The maximum absolute atomic E-state index is 10.4. The molecule has 29 heavy (non-hydrogen) atoms. The smallest absolute Gasteiger partial charge is 0.119 e. The van der Waals surface area contributed by atoms with Crippen LogP contribution in [-0.2, 0) is 11.3 Å². The van der Waals surface area contributed by atoms with Crippen LogP contribution in [0.2, 0.25) is 0 Å². The van der Waals surface area contributed by atoms with Gasteiger partial charge in [0.2, 0.25) is 0 Å². The summed E-state index contributed by atoms with van der Waals surface area (Å²) in [6.45, 7) is 10.4. The Hall–Kier alpha value is -1.18. The zero-order valence-electron chi connectivity index (χ0n) is 17.7. The molecule has 0 aliphatic carbocycles. The first-order chi connectivity index (χ1) is 14.3. The van der Waals surface area contributed by atoms with Crippen molar-refractivity contribution in [2.24, 2.45) is 0 Å². The molecule has 0 spiro atoms. The van der Waals surface area contributed by atoms with E-state index in [2.05, 4.69) is 32.9 Å². The van der Waals surface area contributed by atoms with E-state index in [1.54, 1.807) is 0 Å². The third-order valence-electron chi connectivity index (χ3n) is 6.41. The number of nitrogens with zero attached hydrogens (tertiary/aromatic N) is 3. The molecule has 1 atom stereocenters. The molecular formula is C23H37N3O3. The molecule has 3 aliphatic heterocycles. The summed E-state index contributed by atoms with van der Waals surface area (Å²) in [6, 6.07) is 9.04. The molecule has 0 amide bonds. The van der Waals surface area contributed by atoms with Gasteiger partial charge in [-0.1, -0.05) is 25.0 Å². The molecule has 3 aliphatic rings. The van der Waals surface area contributed by atoms with Crippen molar-refractivity contribution in [1.82, 2.24) is 14.7 Å². The molecule has 0 unspecified atom stereocenters. The van der Waals surface area contributed by atoms with Crippen molar-refractivity contribution < 1.29 is 14.6 Å². The highest BCUT2D eigenvalue weighted by molar-refractivity contribution is 5.28. The van der Waals surface area contributed by atoms with E-state index in [4.69, 9.17) is 9.47 Å². The Morgan fingerprint density at radius 3 is 2.52 bits per heavy atom. The van der Waals surface area contributed by atoms with Crippen LogP contribution >= 0.6 is 0 Å². The molecule has 1 aromatic carbocycles. The first-order valence-corrected chi connectivity index (χ1v) is 11.4. The molecule has 3 saturated heterocycles. The molecule has 0 radical (unpaired) electrons. The average Bonchev–Trinajstić information content (AvgIpc) is 2.98. The molecule has 6 heteroatoms. The molecule has 3 heterocycles. The van der Waals surface area contributed by atoms with E-state index in [1.165, 1.54) is 31.2 Å². The van der Waals surface area contributed by atoms with Crippen molar-refractivity contribution in [3.63, 3.8) is 0 Å². The number of likely N-dealkylation sites (tertiary alicyclic amines) is 2. The molecule has 4 rings (SSSR count). The van der Waals surface area contributed by atoms with Crippen LogP contribution in [0.4, 0.5) is 0 Å². The Balaban J connectivity index is 1.18. The van der Waals surface area contributed by atoms with Crippen LogP contribution in [0.15, 0.2) is 24.3 Å². The lowest BCUT2D eigenvalue weighted by Gasteiger charge is -2.46. The van der Waals surface area contributed by atoms with Gasteiger partial charge in [-0.3, -0.25) is 9.80 Å². The second-order valence-electron chi connectivity index (χ2n) is 8.82. The van der Waals surface area contributed by atoms with Crippen LogP contribution in [0.3, 0.4) is 0 Å². The molecule has 0 saturated carbocycles. The van der Waals surface area contributed by atoms with E-state index in [1.807, 2.05) is 6.07 Å². The minimum atomic E-state index is -0.429. The summed E-state index contributed by atoms with van der Waals surface area (Å²) in [5.74, 6) is 0.864. The van der Waals surface area contributed by atoms with Crippen molar-refractivity contribution >= 4 is 0 Å². The highest BCUT2D eigenvalue weighted by Crippen LogP contribution is 2.21. The molecule has 6 nitrogen and oxygen atoms in total. The first kappa shape index (κ1) is 21.1. The minimum absolute atomic E-state index is 0.364. The van der Waals surface area contributed by atoms with Gasteiger partial charge in [0, 0.05) is 45.3 Å². The van der Waals surface area contributed by atoms with Crippen molar-refractivity contribution in [2.45, 2.75) is 44.4 Å². The van der Waals surface area contributed by atoms with Crippen LogP contribution in [0, 0.1) is 0 Å². The minimum Gasteiger partial charge on any atom is -0.491 e. The van der Waals surface area contributed by atoms with E-state index >= 15 is 0 Å². The number of morpholine rings is 1. The fourth-order valence-electron chi connectivity index (χ4n) is 4.70. The van der Waals surface area contributed by atoms with E-state index in [9.17, 15) is 5.11 Å². The second kappa shape index (κ2) is 10.7. The number of ether oxygens (including phenoxy) is 2. The Morgan fingerprint density at radius 1 is 1.00 bits per heavy atom. The van der Waals surface area contributed by atoms with Crippen LogP contribution in [0.25, 0.3) is 0 Å². The van der Waals surface area contributed by atoms with Gasteiger partial charge in [0.15, 0.2) is 0 Å². The Kier molecular flexibility index (Phi) is 7.80. The van der Waals surface area contributed by atoms with Crippen molar-refractivity contribution in [3.05, 3.63) is 29.8 Å². The van der Waals surface area contributed by atoms with Crippen LogP contribution in [0.1, 0.15) is 31.2 Å². The first-order valence-electron chi connectivity index (χ1n) is 11.4. The predicted octanol–water partition coefficient (Wildman–Crippen LogP) is 1.82. The highest BCUT2D eigenvalue weighted by Gasteiger charge is 2.32. The van der Waals surface area contributed by atoms with Crippen LogP contribution in [-0.4, -0.2) is 97.6 Å². The van der Waals surface area contributed by atoms with Crippen molar-refractivity contribution in [3.8, 4) is 5.75 Å². The van der Waals surface area contributed by atoms with Crippen molar-refractivity contribution in [2.75, 3.05) is 65.6 Å². The highest BCUT2D eigenvalue weighted by atomic mass is 16.5. The van der Waals surface area contributed by atoms with Gasteiger partial charge in [-0.2, -0.15) is 0 Å². The molecule has 1 N–H and O–H groups in total. The monoisotopic (exact) mass is 403 g/mol. The standard InChI is InChI=1S/C23H37N3O3/c27-22(18-24-8-3-1-2-4-9-24)19-29-23-7-5-6-20(14-23)15-25-16-21(17-25)26-10-12-28-13-11-26/h5-7,14,21-22,27H,1-4,8-13,15-19H2/t22-/m0/s1. The zero-order valence-corrected chi connectivity index (χ0v) is 17.7. The van der Waals surface area contributed by atoms with Gasteiger partial charge < -0.3 is 19.5 Å². The van der Waals surface area contributed by atoms with Gasteiger partial charge in [0.1, 0.15) is 18.5 Å². The van der Waals surface area contributed by atoms with Gasteiger partial charge in [0.25, 0.3) is 0 Å². The van der Waals surface area contributed by atoms with Crippen LogP contribution < -0.4 is 4.74 Å². The summed E-state index contributed by atoms with van der Waals surface area (Å²) in [5.41, 5.74) is 1.28. The van der Waals surface area contributed by atoms with Gasteiger partial charge in [-0.15, -0.1) is 0 Å². The third kappa shape index (κ3) is 6.40. The molecular weight excluding hydrogens is 366 g/mol. The zero-order chi connectivity index (χ0) is 19.9. The third-order valence-corrected chi connectivity index (χ3v) is 6.41. The van der Waals surface area contributed by atoms with Crippen LogP contribution in [0.5, 0.6) is 5.75 Å². The van der Waals surface area contributed by atoms with E-state index in [0.717, 1.165) is 71.3 Å². The van der Waals surface area contributed by atoms with Gasteiger partial charge in [-0.05, 0) is 43.6 Å². The fraction of sp³-hybridized carbons (Fsp3) is 0.739. The lowest BCUT2D eigenvalue weighted by Crippen LogP contribution is -2.60. The molecule has 0 bridgehead atoms. The normalized spacial score (nSPS) is 24.0. The lowest BCUT2D eigenvalue weighted by atomic mass is 10.0.